The highest BCUT2D eigenvalue weighted by molar-refractivity contribution is 5.07. The normalized spacial score (nSPS) is 46.6. The summed E-state index contributed by atoms with van der Waals surface area (Å²) < 4.78 is 0. The number of rotatable bonds is 1. The Morgan fingerprint density at radius 2 is 1.64 bits per heavy atom. The minimum atomic E-state index is 0.802. The van der Waals surface area contributed by atoms with E-state index in [1.165, 1.54) is 0 Å². The average Bonchev–Trinajstić information content (AvgIpc) is 2.74. The van der Waals surface area contributed by atoms with Gasteiger partial charge in [-0.15, -0.1) is 0 Å². The fraction of sp³-hybridized carbons (Fsp3) is 1.00. The highest BCUT2D eigenvalue weighted by Gasteiger charge is 2.56. The van der Waals surface area contributed by atoms with E-state index < -0.39 is 0 Å². The Labute approximate surface area is 69.4 Å². The molecule has 0 aliphatic heterocycles. The summed E-state index contributed by atoms with van der Waals surface area (Å²) in [5.41, 5.74) is 1.70. The molecular formula is C11H18. The van der Waals surface area contributed by atoms with Crippen molar-refractivity contribution in [3.8, 4) is 0 Å². The summed E-state index contributed by atoms with van der Waals surface area (Å²) in [5, 5.41) is 0. The van der Waals surface area contributed by atoms with Crippen LogP contribution in [0.1, 0.15) is 51.9 Å². The maximum Gasteiger partial charge on any atom is -0.0292 e. The summed E-state index contributed by atoms with van der Waals surface area (Å²) in [6.45, 7) is 2.55. The first-order chi connectivity index (χ1) is 5.23. The molecule has 0 aromatic rings. The van der Waals surface area contributed by atoms with Gasteiger partial charge in [0.1, 0.15) is 0 Å². The Morgan fingerprint density at radius 1 is 1.00 bits per heavy atom. The fourth-order valence-electron chi connectivity index (χ4n) is 3.32. The van der Waals surface area contributed by atoms with Crippen LogP contribution in [0.4, 0.5) is 0 Å². The topological polar surface area (TPSA) is 0 Å². The van der Waals surface area contributed by atoms with Crippen molar-refractivity contribution in [1.82, 2.24) is 0 Å². The van der Waals surface area contributed by atoms with E-state index in [1.54, 1.807) is 44.9 Å². The molecular weight excluding hydrogens is 132 g/mol. The lowest BCUT2D eigenvalue weighted by Crippen LogP contribution is -2.14. The van der Waals surface area contributed by atoms with Crippen LogP contribution in [0, 0.1) is 16.7 Å². The van der Waals surface area contributed by atoms with Crippen molar-refractivity contribution in [2.45, 2.75) is 51.9 Å². The molecule has 1 spiro atoms. The summed E-state index contributed by atoms with van der Waals surface area (Å²) in [6, 6.07) is 0. The number of hydrogen-bond acceptors (Lipinski definition) is 0. The van der Waals surface area contributed by atoms with E-state index in [0.29, 0.717) is 0 Å². The van der Waals surface area contributed by atoms with Gasteiger partial charge in [0.15, 0.2) is 0 Å². The minimum Gasteiger partial charge on any atom is -0.0594 e. The van der Waals surface area contributed by atoms with Gasteiger partial charge < -0.3 is 0 Å². The third-order valence-electron chi connectivity index (χ3n) is 4.53. The van der Waals surface area contributed by atoms with Crippen molar-refractivity contribution < 1.29 is 0 Å². The van der Waals surface area contributed by atoms with E-state index in [2.05, 4.69) is 6.92 Å². The van der Waals surface area contributed by atoms with Crippen LogP contribution in [0.25, 0.3) is 0 Å². The second-order valence-corrected chi connectivity index (χ2v) is 5.61. The van der Waals surface area contributed by atoms with Gasteiger partial charge in [0.2, 0.25) is 0 Å². The first-order valence-corrected chi connectivity index (χ1v) is 5.23. The minimum absolute atomic E-state index is 0.802. The van der Waals surface area contributed by atoms with Crippen LogP contribution in [0.5, 0.6) is 0 Å². The molecule has 0 N–H and O–H groups in total. The second-order valence-electron chi connectivity index (χ2n) is 5.61. The summed E-state index contributed by atoms with van der Waals surface area (Å²) in [5.74, 6) is 1.14. The Bertz CT molecular complexity index is 186. The summed E-state index contributed by atoms with van der Waals surface area (Å²) in [7, 11) is 0. The Morgan fingerprint density at radius 3 is 2.09 bits per heavy atom. The molecule has 11 heavy (non-hydrogen) atoms. The largest absolute Gasteiger partial charge is 0.0594 e. The van der Waals surface area contributed by atoms with E-state index >= 15 is 0 Å². The summed E-state index contributed by atoms with van der Waals surface area (Å²) in [4.78, 5) is 0. The molecule has 0 radical (unpaired) electrons. The molecule has 3 rings (SSSR count). The van der Waals surface area contributed by atoms with E-state index in [9.17, 15) is 0 Å². The zero-order valence-corrected chi connectivity index (χ0v) is 7.53. The smallest absolute Gasteiger partial charge is 0.0292 e. The van der Waals surface area contributed by atoms with Crippen molar-refractivity contribution in [2.75, 3.05) is 0 Å². The van der Waals surface area contributed by atoms with Crippen molar-refractivity contribution in [3.05, 3.63) is 0 Å². The molecule has 62 valence electrons. The van der Waals surface area contributed by atoms with Gasteiger partial charge in [-0.2, -0.15) is 0 Å². The molecule has 0 aromatic carbocycles. The van der Waals surface area contributed by atoms with Gasteiger partial charge in [0.05, 0.1) is 0 Å². The van der Waals surface area contributed by atoms with Crippen LogP contribution >= 0.6 is 0 Å². The predicted octanol–water partition coefficient (Wildman–Crippen LogP) is 3.37. The molecule has 0 heteroatoms. The van der Waals surface area contributed by atoms with E-state index in [0.717, 1.165) is 16.7 Å². The SMILES string of the molecule is CC1(C2CC2)CCC2(CC2)C1. The highest BCUT2D eigenvalue weighted by Crippen LogP contribution is 2.68. The predicted molar refractivity (Wildman–Crippen MR) is 46.3 cm³/mol. The zero-order valence-electron chi connectivity index (χ0n) is 7.53. The maximum atomic E-state index is 2.55. The van der Waals surface area contributed by atoms with Crippen LogP contribution < -0.4 is 0 Å². The third-order valence-corrected chi connectivity index (χ3v) is 4.53. The van der Waals surface area contributed by atoms with Crippen molar-refractivity contribution in [1.29, 1.82) is 0 Å². The molecule has 0 saturated heterocycles. The van der Waals surface area contributed by atoms with Gasteiger partial charge in [-0.25, -0.2) is 0 Å². The van der Waals surface area contributed by atoms with Gasteiger partial charge in [0, 0.05) is 0 Å². The van der Waals surface area contributed by atoms with Gasteiger partial charge in [-0.3, -0.25) is 0 Å². The molecule has 3 aliphatic carbocycles. The quantitative estimate of drug-likeness (QED) is 0.537. The van der Waals surface area contributed by atoms with Crippen LogP contribution in [0.3, 0.4) is 0 Å². The molecule has 0 aromatic heterocycles. The first-order valence-electron chi connectivity index (χ1n) is 5.23. The van der Waals surface area contributed by atoms with Crippen LogP contribution in [0.15, 0.2) is 0 Å². The van der Waals surface area contributed by atoms with Crippen LogP contribution in [0.2, 0.25) is 0 Å². The van der Waals surface area contributed by atoms with Gasteiger partial charge in [-0.1, -0.05) is 6.92 Å². The standard InChI is InChI=1S/C11H18/c1-10(9-2-3-9)4-5-11(8-10)6-7-11/h9H,2-8H2,1H3. The van der Waals surface area contributed by atoms with Gasteiger partial charge in [-0.05, 0) is 61.7 Å². The van der Waals surface area contributed by atoms with Crippen molar-refractivity contribution in [2.24, 2.45) is 16.7 Å². The van der Waals surface area contributed by atoms with E-state index in [4.69, 9.17) is 0 Å². The fourth-order valence-corrected chi connectivity index (χ4v) is 3.32. The molecule has 3 fully saturated rings. The van der Waals surface area contributed by atoms with Crippen molar-refractivity contribution >= 4 is 0 Å². The van der Waals surface area contributed by atoms with Gasteiger partial charge >= 0.3 is 0 Å². The molecule has 0 amide bonds. The van der Waals surface area contributed by atoms with Crippen LogP contribution in [-0.2, 0) is 0 Å². The molecule has 1 atom stereocenters. The molecule has 3 saturated carbocycles. The second kappa shape index (κ2) is 1.67. The maximum absolute atomic E-state index is 2.55. The first kappa shape index (κ1) is 6.51. The Balaban J connectivity index is 1.79. The lowest BCUT2D eigenvalue weighted by molar-refractivity contribution is 0.266. The Kier molecular flexibility index (Phi) is 0.990. The lowest BCUT2D eigenvalue weighted by Gasteiger charge is -2.23. The molecule has 0 bridgehead atoms. The van der Waals surface area contributed by atoms with Gasteiger partial charge in [0.25, 0.3) is 0 Å². The van der Waals surface area contributed by atoms with Crippen LogP contribution in [-0.4, -0.2) is 0 Å². The molecule has 1 unspecified atom stereocenters. The highest BCUT2D eigenvalue weighted by atomic mass is 14.6. The summed E-state index contributed by atoms with van der Waals surface area (Å²) in [6.07, 6.45) is 10.9. The Hall–Kier alpha value is 0. The summed E-state index contributed by atoms with van der Waals surface area (Å²) >= 11 is 0. The average molecular weight is 150 g/mol. The lowest BCUT2D eigenvalue weighted by atomic mass is 9.82. The molecule has 3 aliphatic rings. The van der Waals surface area contributed by atoms with E-state index in [1.807, 2.05) is 0 Å². The zero-order chi connectivity index (χ0) is 7.53. The third kappa shape index (κ3) is 0.878. The molecule has 0 heterocycles. The monoisotopic (exact) mass is 150 g/mol. The van der Waals surface area contributed by atoms with Crippen molar-refractivity contribution in [3.63, 3.8) is 0 Å². The number of hydrogen-bond donors (Lipinski definition) is 0. The molecule has 0 nitrogen and oxygen atoms in total. The van der Waals surface area contributed by atoms with E-state index in [-0.39, 0.29) is 0 Å².